The highest BCUT2D eigenvalue weighted by Gasteiger charge is 2.21. The number of para-hydroxylation sites is 1. The third-order valence-electron chi connectivity index (χ3n) is 2.48. The van der Waals surface area contributed by atoms with Gasteiger partial charge in [0.2, 0.25) is 0 Å². The minimum Gasteiger partial charge on any atom is -0.263 e. The predicted octanol–water partition coefficient (Wildman–Crippen LogP) is 3.30. The maximum atomic E-state index is 6.20. The number of halogens is 1. The van der Waals surface area contributed by atoms with Crippen LogP contribution in [0.3, 0.4) is 0 Å². The van der Waals surface area contributed by atoms with E-state index in [1.807, 2.05) is 54.0 Å². The summed E-state index contributed by atoms with van der Waals surface area (Å²) in [6.07, 6.45) is 9.87. The molecular formula is C12H9ClN2. The lowest BCUT2D eigenvalue weighted by Gasteiger charge is -2.36. The van der Waals surface area contributed by atoms with Crippen LogP contribution < -0.4 is 5.01 Å². The van der Waals surface area contributed by atoms with Crippen LogP contribution in [0.25, 0.3) is 5.03 Å². The van der Waals surface area contributed by atoms with Crippen LogP contribution in [-0.4, -0.2) is 5.01 Å². The Morgan fingerprint density at radius 2 is 1.80 bits per heavy atom. The standard InChI is InChI=1S/C12H9ClN2/c13-11-9-14-7-3-4-8-15(14)12-6-2-1-5-10(11)12/h1-9H. The fourth-order valence-electron chi connectivity index (χ4n) is 1.79. The van der Waals surface area contributed by atoms with Gasteiger partial charge in [-0.15, -0.1) is 0 Å². The van der Waals surface area contributed by atoms with Crippen LogP contribution >= 0.6 is 11.6 Å². The predicted molar refractivity (Wildman–Crippen MR) is 62.9 cm³/mol. The molecule has 0 radical (unpaired) electrons. The van der Waals surface area contributed by atoms with Crippen molar-refractivity contribution in [2.24, 2.45) is 0 Å². The molecule has 1 aromatic rings. The maximum Gasteiger partial charge on any atom is 0.0717 e. The molecule has 1 aromatic carbocycles. The highest BCUT2D eigenvalue weighted by Crippen LogP contribution is 2.36. The van der Waals surface area contributed by atoms with Gasteiger partial charge in [0.05, 0.1) is 10.7 Å². The van der Waals surface area contributed by atoms with Crippen molar-refractivity contribution >= 4 is 22.3 Å². The summed E-state index contributed by atoms with van der Waals surface area (Å²) in [5.74, 6) is 0. The van der Waals surface area contributed by atoms with Gasteiger partial charge >= 0.3 is 0 Å². The average Bonchev–Trinajstić information content (AvgIpc) is 2.30. The van der Waals surface area contributed by atoms with Crippen LogP contribution in [0.15, 0.2) is 55.0 Å². The smallest absolute Gasteiger partial charge is 0.0717 e. The number of fused-ring (bicyclic) bond motifs is 3. The molecule has 0 amide bonds. The molecule has 0 atom stereocenters. The van der Waals surface area contributed by atoms with E-state index in [-0.39, 0.29) is 0 Å². The summed E-state index contributed by atoms with van der Waals surface area (Å²) >= 11 is 6.20. The van der Waals surface area contributed by atoms with E-state index in [0.29, 0.717) is 0 Å². The number of nitrogens with zero attached hydrogens (tertiary/aromatic N) is 2. The summed E-state index contributed by atoms with van der Waals surface area (Å²) in [6.45, 7) is 0. The second kappa shape index (κ2) is 3.17. The van der Waals surface area contributed by atoms with E-state index in [1.165, 1.54) is 0 Å². The molecule has 3 heteroatoms. The summed E-state index contributed by atoms with van der Waals surface area (Å²) in [6, 6.07) is 8.09. The van der Waals surface area contributed by atoms with Gasteiger partial charge in [-0.1, -0.05) is 29.8 Å². The van der Waals surface area contributed by atoms with Crippen LogP contribution in [0.4, 0.5) is 5.69 Å². The second-order valence-corrected chi connectivity index (χ2v) is 3.81. The van der Waals surface area contributed by atoms with Gasteiger partial charge in [0, 0.05) is 24.2 Å². The summed E-state index contributed by atoms with van der Waals surface area (Å²) in [7, 11) is 0. The van der Waals surface area contributed by atoms with Gasteiger partial charge in [-0.25, -0.2) is 0 Å². The zero-order chi connectivity index (χ0) is 10.3. The minimum atomic E-state index is 0.766. The van der Waals surface area contributed by atoms with Crippen molar-refractivity contribution in [3.8, 4) is 0 Å². The van der Waals surface area contributed by atoms with Gasteiger partial charge in [-0.3, -0.25) is 10.0 Å². The normalized spacial score (nSPS) is 17.3. The van der Waals surface area contributed by atoms with E-state index in [1.54, 1.807) is 0 Å². The fraction of sp³-hybridized carbons (Fsp3) is 0. The Labute approximate surface area is 93.3 Å². The van der Waals surface area contributed by atoms with Crippen molar-refractivity contribution in [1.82, 2.24) is 5.01 Å². The lowest BCUT2D eigenvalue weighted by atomic mass is 10.1. The number of hydrogen-bond donors (Lipinski definition) is 0. The number of hydrogen-bond acceptors (Lipinski definition) is 2. The highest BCUT2D eigenvalue weighted by atomic mass is 35.5. The number of benzene rings is 1. The molecule has 2 aliphatic heterocycles. The molecule has 0 unspecified atom stereocenters. The average molecular weight is 217 g/mol. The Bertz CT molecular complexity index is 488. The number of rotatable bonds is 0. The van der Waals surface area contributed by atoms with Gasteiger partial charge in [0.15, 0.2) is 0 Å². The van der Waals surface area contributed by atoms with Crippen LogP contribution in [0, 0.1) is 0 Å². The first-order valence-electron chi connectivity index (χ1n) is 4.75. The second-order valence-electron chi connectivity index (χ2n) is 3.40. The molecular weight excluding hydrogens is 208 g/mol. The molecule has 2 nitrogen and oxygen atoms in total. The molecule has 0 aliphatic carbocycles. The molecule has 0 spiro atoms. The number of hydrazine groups is 1. The molecule has 15 heavy (non-hydrogen) atoms. The molecule has 0 bridgehead atoms. The first kappa shape index (κ1) is 8.62. The van der Waals surface area contributed by atoms with Gasteiger partial charge in [0.1, 0.15) is 0 Å². The molecule has 2 heterocycles. The Kier molecular flexibility index (Phi) is 1.82. The minimum absolute atomic E-state index is 0.766. The van der Waals surface area contributed by atoms with Crippen LogP contribution in [0.2, 0.25) is 0 Å². The van der Waals surface area contributed by atoms with Gasteiger partial charge in [-0.2, -0.15) is 0 Å². The topological polar surface area (TPSA) is 6.48 Å². The fourth-order valence-corrected chi connectivity index (χ4v) is 2.05. The number of allylic oxidation sites excluding steroid dienone is 2. The lowest BCUT2D eigenvalue weighted by Crippen LogP contribution is -2.34. The summed E-state index contributed by atoms with van der Waals surface area (Å²) in [5, 5.41) is 4.79. The van der Waals surface area contributed by atoms with Gasteiger partial charge < -0.3 is 0 Å². The largest absolute Gasteiger partial charge is 0.263 e. The quantitative estimate of drug-likeness (QED) is 0.657. The van der Waals surface area contributed by atoms with Gasteiger partial charge in [-0.05, 0) is 18.2 Å². The van der Waals surface area contributed by atoms with Crippen LogP contribution in [-0.2, 0) is 0 Å². The first-order valence-corrected chi connectivity index (χ1v) is 5.13. The van der Waals surface area contributed by atoms with E-state index in [0.717, 1.165) is 16.3 Å². The van der Waals surface area contributed by atoms with Gasteiger partial charge in [0.25, 0.3) is 0 Å². The first-order chi connectivity index (χ1) is 7.36. The summed E-state index contributed by atoms with van der Waals surface area (Å²) in [5.41, 5.74) is 2.17. The summed E-state index contributed by atoms with van der Waals surface area (Å²) in [4.78, 5) is 0. The Hall–Kier alpha value is -1.67. The Morgan fingerprint density at radius 1 is 1.00 bits per heavy atom. The van der Waals surface area contributed by atoms with Crippen molar-refractivity contribution in [2.75, 3.05) is 5.01 Å². The summed E-state index contributed by atoms with van der Waals surface area (Å²) < 4.78 is 0. The molecule has 2 aliphatic rings. The van der Waals surface area contributed by atoms with E-state index in [4.69, 9.17) is 11.6 Å². The molecule has 0 saturated heterocycles. The Balaban J connectivity index is 2.20. The van der Waals surface area contributed by atoms with Crippen LogP contribution in [0.5, 0.6) is 0 Å². The monoisotopic (exact) mass is 216 g/mol. The van der Waals surface area contributed by atoms with Crippen molar-refractivity contribution in [3.63, 3.8) is 0 Å². The molecule has 0 fully saturated rings. The molecule has 0 aromatic heterocycles. The number of anilines is 1. The third kappa shape index (κ3) is 1.26. The lowest BCUT2D eigenvalue weighted by molar-refractivity contribution is 0.504. The van der Waals surface area contributed by atoms with E-state index >= 15 is 0 Å². The third-order valence-corrected chi connectivity index (χ3v) is 2.78. The SMILES string of the molecule is ClC1=CN2C=CC=CN2c2ccccc21. The van der Waals surface area contributed by atoms with E-state index in [2.05, 4.69) is 11.1 Å². The Morgan fingerprint density at radius 3 is 2.73 bits per heavy atom. The van der Waals surface area contributed by atoms with Crippen molar-refractivity contribution in [2.45, 2.75) is 0 Å². The molecule has 0 N–H and O–H groups in total. The molecule has 3 rings (SSSR count). The zero-order valence-electron chi connectivity index (χ0n) is 7.97. The van der Waals surface area contributed by atoms with E-state index < -0.39 is 0 Å². The maximum absolute atomic E-state index is 6.20. The molecule has 0 saturated carbocycles. The van der Waals surface area contributed by atoms with E-state index in [9.17, 15) is 0 Å². The highest BCUT2D eigenvalue weighted by molar-refractivity contribution is 6.49. The zero-order valence-corrected chi connectivity index (χ0v) is 8.72. The van der Waals surface area contributed by atoms with Crippen molar-refractivity contribution < 1.29 is 0 Å². The van der Waals surface area contributed by atoms with Crippen molar-refractivity contribution in [1.29, 1.82) is 0 Å². The molecule has 74 valence electrons. The van der Waals surface area contributed by atoms with Crippen molar-refractivity contribution in [3.05, 3.63) is 60.6 Å². The van der Waals surface area contributed by atoms with Crippen LogP contribution in [0.1, 0.15) is 5.56 Å².